The Bertz CT molecular complexity index is 1070. The van der Waals surface area contributed by atoms with Gasteiger partial charge in [-0.1, -0.05) is 58.4 Å². The molecule has 5 aliphatic rings. The molecule has 184 valence electrons. The smallest absolute Gasteiger partial charge is 0.322 e. The van der Waals surface area contributed by atoms with Crippen molar-refractivity contribution < 1.29 is 14.7 Å². The number of nitrogens with one attached hydrogen (secondary N) is 1. The third kappa shape index (κ3) is 3.41. The second-order valence-electron chi connectivity index (χ2n) is 12.8. The predicted molar refractivity (Wildman–Crippen MR) is 134 cm³/mol. The van der Waals surface area contributed by atoms with Crippen LogP contribution in [0.25, 0.3) is 0 Å². The molecule has 4 fully saturated rings. The minimum atomic E-state index is -0.727. The Morgan fingerprint density at radius 3 is 2.50 bits per heavy atom. The van der Waals surface area contributed by atoms with E-state index in [1.165, 1.54) is 5.57 Å². The number of fused-ring (bicyclic) bond motifs is 1. The van der Waals surface area contributed by atoms with Gasteiger partial charge in [-0.2, -0.15) is 0 Å². The van der Waals surface area contributed by atoms with E-state index in [1.54, 1.807) is 0 Å². The maximum Gasteiger partial charge on any atom is 0.322 e. The van der Waals surface area contributed by atoms with Crippen LogP contribution in [0.5, 0.6) is 0 Å². The number of halogens is 1. The standard InChI is InChI=1S/C28H37ClN2O3/c1-17-8-11-28(20-7-6-19(22(29)12-20)9-10-25(3,4)5)21(18(17)2)13-31(24(34)30-28)27-14-26(15-27,16-27)23(32)33/h6-7,12-13,17-18H,8-11,14-16H2,1-5H3,(H,30,34)(H,32,33)/t17-,18-,26?,27?,28?/m1/s1. The summed E-state index contributed by atoms with van der Waals surface area (Å²) in [6.07, 6.45) is 7.59. The summed E-state index contributed by atoms with van der Waals surface area (Å²) in [5, 5.41) is 13.7. The van der Waals surface area contributed by atoms with Gasteiger partial charge in [0.15, 0.2) is 0 Å². The maximum absolute atomic E-state index is 13.5. The van der Waals surface area contributed by atoms with Gasteiger partial charge in [0.05, 0.1) is 16.5 Å². The van der Waals surface area contributed by atoms with E-state index < -0.39 is 16.9 Å². The molecule has 4 aliphatic carbocycles. The molecule has 6 rings (SSSR count). The monoisotopic (exact) mass is 484 g/mol. The van der Waals surface area contributed by atoms with Crippen molar-refractivity contribution in [2.45, 2.75) is 90.6 Å². The van der Waals surface area contributed by atoms with Crippen molar-refractivity contribution >= 4 is 23.6 Å². The van der Waals surface area contributed by atoms with Crippen LogP contribution in [0.15, 0.2) is 30.0 Å². The first kappa shape index (κ1) is 23.7. The molecule has 2 N–H and O–H groups in total. The fourth-order valence-corrected chi connectivity index (χ4v) is 7.09. The van der Waals surface area contributed by atoms with E-state index >= 15 is 0 Å². The molecule has 0 radical (unpaired) electrons. The van der Waals surface area contributed by atoms with Crippen molar-refractivity contribution in [3.63, 3.8) is 0 Å². The van der Waals surface area contributed by atoms with Crippen LogP contribution in [-0.2, 0) is 16.8 Å². The highest BCUT2D eigenvalue weighted by Crippen LogP contribution is 2.70. The number of aryl methyl sites for hydroxylation is 1. The Kier molecular flexibility index (Phi) is 5.23. The average Bonchev–Trinajstić information content (AvgIpc) is 2.68. The zero-order valence-electron chi connectivity index (χ0n) is 21.0. The number of carboxylic acids is 1. The zero-order valence-corrected chi connectivity index (χ0v) is 21.8. The van der Waals surface area contributed by atoms with Gasteiger partial charge in [0, 0.05) is 11.2 Å². The molecular formula is C28H37ClN2O3. The number of benzene rings is 1. The lowest BCUT2D eigenvalue weighted by atomic mass is 9.38. The summed E-state index contributed by atoms with van der Waals surface area (Å²) in [4.78, 5) is 27.0. The number of hydrogen-bond acceptors (Lipinski definition) is 2. The van der Waals surface area contributed by atoms with Crippen molar-refractivity contribution in [1.82, 2.24) is 10.2 Å². The van der Waals surface area contributed by atoms with Crippen LogP contribution < -0.4 is 5.32 Å². The van der Waals surface area contributed by atoms with Gasteiger partial charge in [0.1, 0.15) is 0 Å². The first-order valence-electron chi connectivity index (χ1n) is 12.7. The molecule has 6 heteroatoms. The van der Waals surface area contributed by atoms with Crippen LogP contribution >= 0.6 is 11.6 Å². The Morgan fingerprint density at radius 1 is 1.24 bits per heavy atom. The normalized spacial score (nSPS) is 36.6. The number of aliphatic carboxylic acids is 1. The van der Waals surface area contributed by atoms with E-state index in [0.29, 0.717) is 31.1 Å². The topological polar surface area (TPSA) is 69.6 Å². The van der Waals surface area contributed by atoms with E-state index in [9.17, 15) is 14.7 Å². The molecule has 0 aromatic heterocycles. The average molecular weight is 485 g/mol. The van der Waals surface area contributed by atoms with Crippen molar-refractivity contribution in [2.24, 2.45) is 22.7 Å². The number of carboxylic acid groups (broad SMARTS) is 1. The summed E-state index contributed by atoms with van der Waals surface area (Å²) in [5.74, 6) is 0.0859. The quantitative estimate of drug-likeness (QED) is 0.501. The van der Waals surface area contributed by atoms with Gasteiger partial charge in [-0.3, -0.25) is 9.69 Å². The molecule has 2 amide bonds. The fourth-order valence-electron chi connectivity index (χ4n) is 6.81. The SMILES string of the molecule is C[C@@H]1CCC2(c3ccc(CCC(C)(C)C)c(Cl)c3)NC(=O)N(C34CC(C(=O)O)(C3)C4)C=C2[C@@H]1C. The summed E-state index contributed by atoms with van der Waals surface area (Å²) in [6, 6.07) is 6.23. The van der Waals surface area contributed by atoms with Gasteiger partial charge in [-0.25, -0.2) is 4.79 Å². The van der Waals surface area contributed by atoms with Crippen LogP contribution in [-0.4, -0.2) is 27.5 Å². The lowest BCUT2D eigenvalue weighted by Crippen LogP contribution is -2.78. The fraction of sp³-hybridized carbons (Fsp3) is 0.643. The van der Waals surface area contributed by atoms with Gasteiger partial charge in [-0.05, 0) is 85.0 Å². The van der Waals surface area contributed by atoms with Crippen molar-refractivity contribution in [2.75, 3.05) is 0 Å². The van der Waals surface area contributed by atoms with Crippen LogP contribution in [0, 0.1) is 22.7 Å². The maximum atomic E-state index is 13.5. The number of rotatable bonds is 5. The van der Waals surface area contributed by atoms with E-state index in [0.717, 1.165) is 41.8 Å². The van der Waals surface area contributed by atoms with Crippen molar-refractivity contribution in [3.8, 4) is 0 Å². The summed E-state index contributed by atoms with van der Waals surface area (Å²) < 4.78 is 0. The molecule has 1 aliphatic heterocycles. The minimum Gasteiger partial charge on any atom is -0.481 e. The van der Waals surface area contributed by atoms with E-state index in [1.807, 2.05) is 4.90 Å². The molecule has 1 aromatic rings. The highest BCUT2D eigenvalue weighted by Gasteiger charge is 2.75. The molecule has 5 nitrogen and oxygen atoms in total. The van der Waals surface area contributed by atoms with Crippen LogP contribution in [0.4, 0.5) is 4.79 Å². The molecule has 1 heterocycles. The third-order valence-corrected chi connectivity index (χ3v) is 9.63. The first-order chi connectivity index (χ1) is 15.8. The Labute approximate surface area is 207 Å². The summed E-state index contributed by atoms with van der Waals surface area (Å²) in [7, 11) is 0. The van der Waals surface area contributed by atoms with Gasteiger partial charge in [0.2, 0.25) is 0 Å². The van der Waals surface area contributed by atoms with E-state index in [4.69, 9.17) is 11.6 Å². The van der Waals surface area contributed by atoms with Crippen molar-refractivity contribution in [1.29, 1.82) is 0 Å². The molecule has 3 atom stereocenters. The minimum absolute atomic E-state index is 0.114. The first-order valence-corrected chi connectivity index (χ1v) is 13.0. The number of carbonyl (C=O) groups is 2. The largest absolute Gasteiger partial charge is 0.481 e. The Balaban J connectivity index is 1.49. The molecule has 4 saturated carbocycles. The van der Waals surface area contributed by atoms with Crippen LogP contribution in [0.1, 0.15) is 84.3 Å². The number of nitrogens with zero attached hydrogens (tertiary/aromatic N) is 1. The number of urea groups is 1. The highest BCUT2D eigenvalue weighted by atomic mass is 35.5. The molecule has 1 aromatic carbocycles. The predicted octanol–water partition coefficient (Wildman–Crippen LogP) is 6.50. The van der Waals surface area contributed by atoms with E-state index in [2.05, 4.69) is 64.3 Å². The van der Waals surface area contributed by atoms with Gasteiger partial charge >= 0.3 is 12.0 Å². The number of amides is 2. The second kappa shape index (κ2) is 7.49. The number of hydrogen-bond donors (Lipinski definition) is 2. The second-order valence-corrected chi connectivity index (χ2v) is 13.2. The van der Waals surface area contributed by atoms with Gasteiger partial charge in [0.25, 0.3) is 0 Å². The Morgan fingerprint density at radius 2 is 1.91 bits per heavy atom. The van der Waals surface area contributed by atoms with Crippen molar-refractivity contribution in [3.05, 3.63) is 46.1 Å². The summed E-state index contributed by atoms with van der Waals surface area (Å²) in [5.41, 5.74) is 2.16. The molecule has 1 unspecified atom stereocenters. The highest BCUT2D eigenvalue weighted by molar-refractivity contribution is 6.31. The third-order valence-electron chi connectivity index (χ3n) is 9.28. The van der Waals surface area contributed by atoms with E-state index in [-0.39, 0.29) is 17.0 Å². The zero-order chi connectivity index (χ0) is 24.7. The van der Waals surface area contributed by atoms with Gasteiger partial charge < -0.3 is 10.4 Å². The molecule has 34 heavy (non-hydrogen) atoms. The lowest BCUT2D eigenvalue weighted by Gasteiger charge is -2.71. The van der Waals surface area contributed by atoms with Gasteiger partial charge in [-0.15, -0.1) is 0 Å². The Hall–Kier alpha value is -2.01. The van der Waals surface area contributed by atoms with Crippen LogP contribution in [0.2, 0.25) is 5.02 Å². The lowest BCUT2D eigenvalue weighted by molar-refractivity contribution is -0.215. The summed E-state index contributed by atoms with van der Waals surface area (Å²) in [6.45, 7) is 11.2. The molecule has 2 bridgehead atoms. The molecule has 0 spiro atoms. The summed E-state index contributed by atoms with van der Waals surface area (Å²) >= 11 is 6.79. The van der Waals surface area contributed by atoms with Crippen LogP contribution in [0.3, 0.4) is 0 Å². The number of carbonyl (C=O) groups excluding carboxylic acids is 1. The molecular weight excluding hydrogens is 448 g/mol. The molecule has 0 saturated heterocycles.